The summed E-state index contributed by atoms with van der Waals surface area (Å²) in [6.45, 7) is 3.84. The Morgan fingerprint density at radius 3 is 2.23 bits per heavy atom. The Morgan fingerprint density at radius 1 is 0.971 bits per heavy atom. The molecule has 3 saturated heterocycles. The van der Waals surface area contributed by atoms with Crippen molar-refractivity contribution >= 4 is 34.8 Å². The molecule has 3 fully saturated rings. The van der Waals surface area contributed by atoms with Crippen molar-refractivity contribution in [2.24, 2.45) is 5.92 Å². The summed E-state index contributed by atoms with van der Waals surface area (Å²) in [7, 11) is 0. The summed E-state index contributed by atoms with van der Waals surface area (Å²) in [5.41, 5.74) is 3.10. The molecule has 2 aromatic rings. The third kappa shape index (κ3) is 3.31. The smallest absolute Gasteiger partial charge is 0.264 e. The molecule has 1 spiro atoms. The predicted molar refractivity (Wildman–Crippen MR) is 130 cm³/mol. The van der Waals surface area contributed by atoms with Gasteiger partial charge in [-0.25, -0.2) is 0 Å². The molecule has 3 atom stereocenters. The van der Waals surface area contributed by atoms with Crippen LogP contribution in [0.5, 0.6) is 0 Å². The monoisotopic (exact) mass is 475 g/mol. The zero-order chi connectivity index (χ0) is 24.3. The lowest BCUT2D eigenvalue weighted by Crippen LogP contribution is -2.44. The van der Waals surface area contributed by atoms with Crippen molar-refractivity contribution in [3.05, 3.63) is 53.6 Å². The molecular weight excluding hydrogens is 446 g/mol. The minimum absolute atomic E-state index is 0.00637. The topological polar surface area (TPSA) is 90.4 Å². The molecule has 35 heavy (non-hydrogen) atoms. The molecule has 0 radical (unpaired) electrons. The van der Waals surface area contributed by atoms with Crippen LogP contribution >= 0.6 is 0 Å². The van der Waals surface area contributed by atoms with Gasteiger partial charge >= 0.3 is 0 Å². The normalized spacial score (nSPS) is 27.5. The zero-order valence-electron chi connectivity index (χ0n) is 19.8. The molecule has 1 N–H and O–H groups in total. The average molecular weight is 476 g/mol. The Morgan fingerprint density at radius 2 is 1.63 bits per heavy atom. The minimum atomic E-state index is -1.12. The molecule has 0 aromatic heterocycles. The Bertz CT molecular complexity index is 1210. The van der Waals surface area contributed by atoms with E-state index in [9.17, 15) is 19.5 Å². The van der Waals surface area contributed by atoms with Gasteiger partial charge in [0.25, 0.3) is 5.91 Å². The van der Waals surface area contributed by atoms with Crippen LogP contribution in [0.3, 0.4) is 0 Å². The maximum Gasteiger partial charge on any atom is 0.264 e. The van der Waals surface area contributed by atoms with Gasteiger partial charge in [0.05, 0.1) is 18.3 Å². The molecule has 6 rings (SSSR count). The van der Waals surface area contributed by atoms with Gasteiger partial charge in [0.1, 0.15) is 0 Å². The van der Waals surface area contributed by atoms with Crippen LogP contribution in [0.25, 0.3) is 0 Å². The SMILES string of the molecule is C[C@H]1C[C@@H](CCO)O[C@]12C(=O)N(Cc1ccc(N3CCC3=O)cc1)c1ccc(N3CCC3=O)cc12. The van der Waals surface area contributed by atoms with Crippen LogP contribution in [0.2, 0.25) is 0 Å². The van der Waals surface area contributed by atoms with E-state index in [1.807, 2.05) is 49.4 Å². The van der Waals surface area contributed by atoms with Crippen LogP contribution in [0.1, 0.15) is 43.7 Å². The molecule has 2 aromatic carbocycles. The van der Waals surface area contributed by atoms with E-state index >= 15 is 0 Å². The average Bonchev–Trinajstić information content (AvgIpc) is 3.28. The van der Waals surface area contributed by atoms with Crippen molar-refractivity contribution in [3.8, 4) is 0 Å². The highest BCUT2D eigenvalue weighted by molar-refractivity contribution is 6.08. The fourth-order valence-electron chi connectivity index (χ4n) is 5.85. The molecule has 4 aliphatic heterocycles. The zero-order valence-corrected chi connectivity index (χ0v) is 19.8. The van der Waals surface area contributed by atoms with E-state index in [1.54, 1.807) is 14.7 Å². The van der Waals surface area contributed by atoms with Crippen LogP contribution in [0, 0.1) is 5.92 Å². The Kier molecular flexibility index (Phi) is 5.19. The predicted octanol–water partition coefficient (Wildman–Crippen LogP) is 2.71. The van der Waals surface area contributed by atoms with Crippen LogP contribution in [0.15, 0.2) is 42.5 Å². The highest BCUT2D eigenvalue weighted by Crippen LogP contribution is 2.54. The van der Waals surface area contributed by atoms with Crippen LogP contribution in [-0.2, 0) is 31.3 Å². The van der Waals surface area contributed by atoms with Crippen LogP contribution in [0.4, 0.5) is 17.1 Å². The first-order valence-electron chi connectivity index (χ1n) is 12.4. The Labute approximate surface area is 204 Å². The number of fused-ring (bicyclic) bond motifs is 2. The van der Waals surface area contributed by atoms with Gasteiger partial charge in [-0.3, -0.25) is 14.4 Å². The van der Waals surface area contributed by atoms with Gasteiger partial charge in [0.15, 0.2) is 5.60 Å². The van der Waals surface area contributed by atoms with Gasteiger partial charge in [0.2, 0.25) is 11.8 Å². The number of hydrogen-bond donors (Lipinski definition) is 1. The number of amides is 3. The van der Waals surface area contributed by atoms with E-state index in [0.717, 1.165) is 34.7 Å². The van der Waals surface area contributed by atoms with Crippen molar-refractivity contribution in [1.29, 1.82) is 0 Å². The number of carbonyl (C=O) groups is 3. The quantitative estimate of drug-likeness (QED) is 0.649. The fraction of sp³-hybridized carbons (Fsp3) is 0.444. The highest BCUT2D eigenvalue weighted by atomic mass is 16.5. The third-order valence-corrected chi connectivity index (χ3v) is 7.95. The molecule has 4 heterocycles. The van der Waals surface area contributed by atoms with E-state index in [0.29, 0.717) is 38.8 Å². The maximum absolute atomic E-state index is 14.1. The van der Waals surface area contributed by atoms with Crippen LogP contribution < -0.4 is 14.7 Å². The number of aliphatic hydroxyl groups excluding tert-OH is 1. The number of benzene rings is 2. The number of hydrogen-bond acceptors (Lipinski definition) is 5. The van der Waals surface area contributed by atoms with Gasteiger partial charge in [-0.2, -0.15) is 0 Å². The first kappa shape index (κ1) is 22.2. The number of carbonyl (C=O) groups excluding carboxylic acids is 3. The molecule has 0 bridgehead atoms. The highest BCUT2D eigenvalue weighted by Gasteiger charge is 2.60. The summed E-state index contributed by atoms with van der Waals surface area (Å²) in [6, 6.07) is 13.5. The van der Waals surface area contributed by atoms with Gasteiger partial charge in [-0.05, 0) is 48.7 Å². The maximum atomic E-state index is 14.1. The Hall–Kier alpha value is -3.23. The van der Waals surface area contributed by atoms with Crippen molar-refractivity contribution < 1.29 is 24.2 Å². The van der Waals surface area contributed by atoms with Crippen molar-refractivity contribution in [1.82, 2.24) is 0 Å². The van der Waals surface area contributed by atoms with E-state index in [-0.39, 0.29) is 36.4 Å². The summed E-state index contributed by atoms with van der Waals surface area (Å²) in [4.78, 5) is 43.2. The summed E-state index contributed by atoms with van der Waals surface area (Å²) in [5.74, 6) is 0.0381. The second kappa shape index (κ2) is 8.17. The number of aliphatic hydroxyl groups is 1. The van der Waals surface area contributed by atoms with Crippen LogP contribution in [-0.4, -0.2) is 48.6 Å². The summed E-state index contributed by atoms with van der Waals surface area (Å²) < 4.78 is 6.47. The molecule has 0 saturated carbocycles. The molecule has 4 aliphatic rings. The molecule has 0 unspecified atom stereocenters. The van der Waals surface area contributed by atoms with Gasteiger partial charge in [0, 0.05) is 55.4 Å². The summed E-state index contributed by atoms with van der Waals surface area (Å²) in [6.07, 6.45) is 2.09. The largest absolute Gasteiger partial charge is 0.396 e. The van der Waals surface area contributed by atoms with Gasteiger partial charge < -0.3 is 24.5 Å². The lowest BCUT2D eigenvalue weighted by atomic mass is 9.82. The number of anilines is 3. The lowest BCUT2D eigenvalue weighted by Gasteiger charge is -2.32. The van der Waals surface area contributed by atoms with Crippen molar-refractivity contribution in [2.75, 3.05) is 34.4 Å². The van der Waals surface area contributed by atoms with Crippen molar-refractivity contribution in [3.63, 3.8) is 0 Å². The number of β-lactam (4-membered cyclic amide) rings is 2. The van der Waals surface area contributed by atoms with Gasteiger partial charge in [-0.1, -0.05) is 19.1 Å². The molecule has 8 nitrogen and oxygen atoms in total. The first-order valence-corrected chi connectivity index (χ1v) is 12.4. The molecule has 182 valence electrons. The number of nitrogens with zero attached hydrogens (tertiary/aromatic N) is 3. The van der Waals surface area contributed by atoms with E-state index in [2.05, 4.69) is 0 Å². The van der Waals surface area contributed by atoms with E-state index < -0.39 is 5.60 Å². The summed E-state index contributed by atoms with van der Waals surface area (Å²) >= 11 is 0. The second-order valence-corrected chi connectivity index (χ2v) is 9.97. The summed E-state index contributed by atoms with van der Waals surface area (Å²) in [5, 5.41) is 9.49. The van der Waals surface area contributed by atoms with E-state index in [4.69, 9.17) is 4.74 Å². The van der Waals surface area contributed by atoms with E-state index in [1.165, 1.54) is 0 Å². The minimum Gasteiger partial charge on any atom is -0.396 e. The molecule has 8 heteroatoms. The molecule has 3 amide bonds. The second-order valence-electron chi connectivity index (χ2n) is 9.97. The molecular formula is C27H29N3O5. The molecule has 0 aliphatic carbocycles. The van der Waals surface area contributed by atoms with Gasteiger partial charge in [-0.15, -0.1) is 0 Å². The fourth-order valence-corrected chi connectivity index (χ4v) is 5.85. The Balaban J connectivity index is 1.35. The number of rotatable bonds is 6. The van der Waals surface area contributed by atoms with Crippen molar-refractivity contribution in [2.45, 2.75) is 50.9 Å². The first-order chi connectivity index (χ1) is 16.9. The standard InChI is InChI=1S/C27H29N3O5/c1-17-14-21(10-13-31)35-27(17)22-15-20(29-12-9-25(29)33)6-7-23(22)30(26(27)34)16-18-2-4-19(5-3-18)28-11-8-24(28)32/h2-7,15,17,21,31H,8-14,16H2,1H3/t17-,21+,27+/m0/s1. The third-order valence-electron chi connectivity index (χ3n) is 7.95. The lowest BCUT2D eigenvalue weighted by molar-refractivity contribution is -0.146. The number of ether oxygens (including phenoxy) is 1.